The van der Waals surface area contributed by atoms with Crippen LogP contribution in [0.4, 0.5) is 4.79 Å². The van der Waals surface area contributed by atoms with E-state index in [1.165, 1.54) is 10.0 Å². The summed E-state index contributed by atoms with van der Waals surface area (Å²) in [6.45, 7) is 0.322. The number of aliphatic hydroxyl groups excluding tert-OH is 1. The van der Waals surface area contributed by atoms with E-state index < -0.39 is 12.1 Å². The molecule has 1 heterocycles. The molecule has 3 amide bonds. The summed E-state index contributed by atoms with van der Waals surface area (Å²) < 4.78 is 0. The Morgan fingerprint density at radius 2 is 1.33 bits per heavy atom. The van der Waals surface area contributed by atoms with Gasteiger partial charge in [-0.2, -0.15) is 0 Å². The zero-order chi connectivity index (χ0) is 27.4. The second-order valence-corrected chi connectivity index (χ2v) is 10.5. The average molecular weight is 530 g/mol. The van der Waals surface area contributed by atoms with Crippen LogP contribution in [0, 0.1) is 5.92 Å². The quantitative estimate of drug-likeness (QED) is 0.420. The highest BCUT2D eigenvalue weighted by molar-refractivity contribution is 5.84. The maximum atomic E-state index is 14.4. The molecule has 1 saturated carbocycles. The van der Waals surface area contributed by atoms with Gasteiger partial charge in [0.05, 0.1) is 25.2 Å². The molecule has 1 aliphatic carbocycles. The van der Waals surface area contributed by atoms with Crippen LogP contribution in [0.1, 0.15) is 42.4 Å². The van der Waals surface area contributed by atoms with Crippen molar-refractivity contribution in [3.63, 3.8) is 0 Å². The van der Waals surface area contributed by atoms with E-state index in [4.69, 9.17) is 0 Å². The highest BCUT2D eigenvalue weighted by Gasteiger charge is 2.43. The number of phenolic OH excluding ortho intramolecular Hbond substituents is 2. The molecule has 2 atom stereocenters. The van der Waals surface area contributed by atoms with Gasteiger partial charge in [-0.25, -0.2) is 14.8 Å². The number of hydrogen-bond donors (Lipinski definition) is 3. The number of hydrazine groups is 1. The smallest absolute Gasteiger partial charge is 0.339 e. The van der Waals surface area contributed by atoms with Crippen molar-refractivity contribution in [3.05, 3.63) is 95.6 Å². The molecule has 2 aliphatic rings. The van der Waals surface area contributed by atoms with Gasteiger partial charge in [0.1, 0.15) is 11.5 Å². The van der Waals surface area contributed by atoms with Crippen LogP contribution in [0.25, 0.3) is 0 Å². The minimum atomic E-state index is -0.985. The molecule has 0 radical (unpaired) electrons. The molecule has 8 heteroatoms. The molecule has 1 aliphatic heterocycles. The van der Waals surface area contributed by atoms with Crippen molar-refractivity contribution in [1.82, 2.24) is 14.9 Å². The molecular weight excluding hydrogens is 494 g/mol. The topological polar surface area (TPSA) is 105 Å². The number of benzene rings is 3. The Kier molecular flexibility index (Phi) is 8.02. The van der Waals surface area contributed by atoms with E-state index in [-0.39, 0.29) is 49.0 Å². The van der Waals surface area contributed by atoms with E-state index >= 15 is 0 Å². The predicted octanol–water partition coefficient (Wildman–Crippen LogP) is 4.44. The summed E-state index contributed by atoms with van der Waals surface area (Å²) in [7, 11) is 0. The molecule has 0 unspecified atom stereocenters. The van der Waals surface area contributed by atoms with Crippen LogP contribution in [-0.4, -0.2) is 60.9 Å². The lowest BCUT2D eigenvalue weighted by Crippen LogP contribution is -2.53. The first kappa shape index (κ1) is 26.6. The Balaban J connectivity index is 1.54. The summed E-state index contributed by atoms with van der Waals surface area (Å²) in [5, 5.41) is 34.1. The summed E-state index contributed by atoms with van der Waals surface area (Å²) >= 11 is 0. The van der Waals surface area contributed by atoms with E-state index in [1.807, 2.05) is 30.3 Å². The molecule has 3 N–H and O–H groups in total. The third-order valence-corrected chi connectivity index (χ3v) is 7.77. The molecule has 0 bridgehead atoms. The highest BCUT2D eigenvalue weighted by atomic mass is 16.3. The number of carbonyl (C=O) groups excluding carboxylic acids is 2. The minimum absolute atomic E-state index is 0.00271. The van der Waals surface area contributed by atoms with Gasteiger partial charge >= 0.3 is 6.03 Å². The normalized spacial score (nSPS) is 20.3. The van der Waals surface area contributed by atoms with Crippen molar-refractivity contribution in [2.75, 3.05) is 6.54 Å². The van der Waals surface area contributed by atoms with Crippen LogP contribution >= 0.6 is 0 Å². The van der Waals surface area contributed by atoms with Gasteiger partial charge in [0.25, 0.3) is 0 Å². The molecule has 0 aromatic heterocycles. The van der Waals surface area contributed by atoms with Gasteiger partial charge in [0, 0.05) is 12.5 Å². The fourth-order valence-electron chi connectivity index (χ4n) is 5.60. The minimum Gasteiger partial charge on any atom is -0.508 e. The molecule has 8 nitrogen and oxygen atoms in total. The fourth-order valence-corrected chi connectivity index (χ4v) is 5.60. The van der Waals surface area contributed by atoms with Gasteiger partial charge in [-0.3, -0.25) is 4.79 Å². The Labute approximate surface area is 228 Å². The Morgan fingerprint density at radius 3 is 1.92 bits per heavy atom. The number of urea groups is 1. The summed E-state index contributed by atoms with van der Waals surface area (Å²) in [4.78, 5) is 29.9. The van der Waals surface area contributed by atoms with Gasteiger partial charge < -0.3 is 20.2 Å². The van der Waals surface area contributed by atoms with Crippen molar-refractivity contribution in [2.24, 2.45) is 5.92 Å². The molecular formula is C31H35N3O5. The van der Waals surface area contributed by atoms with Gasteiger partial charge in [-0.1, -0.05) is 67.4 Å². The predicted molar refractivity (Wildman–Crippen MR) is 146 cm³/mol. The van der Waals surface area contributed by atoms with E-state index in [1.54, 1.807) is 53.4 Å². The van der Waals surface area contributed by atoms with Crippen LogP contribution in [0.2, 0.25) is 0 Å². The van der Waals surface area contributed by atoms with Crippen LogP contribution in [-0.2, 0) is 24.3 Å². The third-order valence-electron chi connectivity index (χ3n) is 7.77. The second kappa shape index (κ2) is 11.8. The number of rotatable bonds is 7. The molecule has 2 fully saturated rings. The molecule has 3 aromatic rings. The van der Waals surface area contributed by atoms with Crippen molar-refractivity contribution in [2.45, 2.75) is 57.3 Å². The number of aliphatic hydroxyl groups is 1. The number of aromatic hydroxyl groups is 2. The molecule has 5 rings (SSSR count). The van der Waals surface area contributed by atoms with Crippen LogP contribution in [0.15, 0.2) is 78.9 Å². The van der Waals surface area contributed by atoms with Crippen molar-refractivity contribution < 1.29 is 24.9 Å². The first-order valence-electron chi connectivity index (χ1n) is 13.6. The van der Waals surface area contributed by atoms with Crippen LogP contribution in [0.3, 0.4) is 0 Å². The average Bonchev–Trinajstić information content (AvgIpc) is 3.47. The second-order valence-electron chi connectivity index (χ2n) is 10.5. The van der Waals surface area contributed by atoms with Crippen molar-refractivity contribution in [3.8, 4) is 11.5 Å². The lowest BCUT2D eigenvalue weighted by atomic mass is 9.98. The van der Waals surface area contributed by atoms with Gasteiger partial charge in [0.2, 0.25) is 5.91 Å². The number of phenols is 2. The first-order valence-corrected chi connectivity index (χ1v) is 13.6. The van der Waals surface area contributed by atoms with Crippen LogP contribution < -0.4 is 0 Å². The lowest BCUT2D eigenvalue weighted by molar-refractivity contribution is -0.151. The maximum Gasteiger partial charge on any atom is 0.339 e. The SMILES string of the molecule is O=C(C1CCCC1)N1C[C@@H](O)[C@@H](Cc2ccccc2)N(Cc2ccc(O)cc2)C(=O)N1Cc1ccc(O)cc1. The summed E-state index contributed by atoms with van der Waals surface area (Å²) in [5.74, 6) is -0.0663. The number of β-amino-alcohol motifs (C(OH)–C–C–N with tert-alkyl or cyclic N) is 1. The fraction of sp³-hybridized carbons (Fsp3) is 0.355. The van der Waals surface area contributed by atoms with Gasteiger partial charge in [0.15, 0.2) is 0 Å². The number of nitrogens with zero attached hydrogens (tertiary/aromatic N) is 3. The van der Waals surface area contributed by atoms with Gasteiger partial charge in [-0.05, 0) is 60.2 Å². The van der Waals surface area contributed by atoms with Crippen LogP contribution in [0.5, 0.6) is 11.5 Å². The molecule has 3 aromatic carbocycles. The molecule has 39 heavy (non-hydrogen) atoms. The molecule has 204 valence electrons. The maximum absolute atomic E-state index is 14.4. The largest absolute Gasteiger partial charge is 0.508 e. The summed E-state index contributed by atoms with van der Waals surface area (Å²) in [5.41, 5.74) is 2.53. The standard InChI is InChI=1S/C31H35N3O5/c35-26-14-10-23(11-15-26)19-32-28(18-22-6-2-1-3-7-22)29(37)21-33(30(38)25-8-4-5-9-25)34(31(32)39)20-24-12-16-27(36)17-13-24/h1-3,6-7,10-17,25,28-29,35-37H,4-5,8-9,18-21H2/t28-,29-/m1/s1. The zero-order valence-electron chi connectivity index (χ0n) is 21.9. The monoisotopic (exact) mass is 529 g/mol. The first-order chi connectivity index (χ1) is 18.9. The van der Waals surface area contributed by atoms with E-state index in [0.717, 1.165) is 42.4 Å². The lowest BCUT2D eigenvalue weighted by Gasteiger charge is -2.37. The van der Waals surface area contributed by atoms with E-state index in [0.29, 0.717) is 6.42 Å². The number of carbonyl (C=O) groups is 2. The number of amides is 3. The third kappa shape index (κ3) is 6.17. The summed E-state index contributed by atoms with van der Waals surface area (Å²) in [6, 6.07) is 22.0. The highest BCUT2D eigenvalue weighted by Crippen LogP contribution is 2.31. The Morgan fingerprint density at radius 1 is 0.769 bits per heavy atom. The van der Waals surface area contributed by atoms with E-state index in [9.17, 15) is 24.9 Å². The Hall–Kier alpha value is -4.04. The van der Waals surface area contributed by atoms with Gasteiger partial charge in [-0.15, -0.1) is 0 Å². The van der Waals surface area contributed by atoms with E-state index in [2.05, 4.69) is 0 Å². The van der Waals surface area contributed by atoms with Crippen molar-refractivity contribution in [1.29, 1.82) is 0 Å². The summed E-state index contributed by atoms with van der Waals surface area (Å²) in [6.07, 6.45) is 2.94. The Bertz CT molecular complexity index is 1260. The van der Waals surface area contributed by atoms with Crippen molar-refractivity contribution >= 4 is 11.9 Å². The molecule has 1 saturated heterocycles. The zero-order valence-corrected chi connectivity index (χ0v) is 21.9. The molecule has 0 spiro atoms. The number of hydrogen-bond acceptors (Lipinski definition) is 5.